The van der Waals surface area contributed by atoms with Crippen LogP contribution in [0.3, 0.4) is 0 Å². The topological polar surface area (TPSA) is 54.9 Å². The van der Waals surface area contributed by atoms with Crippen molar-refractivity contribution < 1.29 is 14.3 Å². The monoisotopic (exact) mass is 381 g/mol. The summed E-state index contributed by atoms with van der Waals surface area (Å²) in [6.07, 6.45) is 3.02. The van der Waals surface area contributed by atoms with E-state index in [1.54, 1.807) is 11.1 Å². The molecule has 0 radical (unpaired) electrons. The van der Waals surface area contributed by atoms with Crippen LogP contribution in [0.5, 0.6) is 0 Å². The van der Waals surface area contributed by atoms with E-state index in [4.69, 9.17) is 9.47 Å². The second-order valence-electron chi connectivity index (χ2n) is 8.21. The summed E-state index contributed by atoms with van der Waals surface area (Å²) < 4.78 is 11.2. The quantitative estimate of drug-likeness (QED) is 0.745. The zero-order valence-corrected chi connectivity index (χ0v) is 16.8. The molecule has 1 saturated heterocycles. The van der Waals surface area contributed by atoms with Crippen molar-refractivity contribution in [3.8, 4) is 0 Å². The van der Waals surface area contributed by atoms with Gasteiger partial charge < -0.3 is 14.4 Å². The van der Waals surface area contributed by atoms with Gasteiger partial charge in [-0.2, -0.15) is 0 Å². The molecule has 3 heterocycles. The number of anilines is 3. The molecule has 2 aliphatic heterocycles. The molecule has 6 nitrogen and oxygen atoms in total. The van der Waals surface area contributed by atoms with Crippen LogP contribution in [0.15, 0.2) is 36.5 Å². The van der Waals surface area contributed by atoms with Crippen molar-refractivity contribution in [2.24, 2.45) is 0 Å². The van der Waals surface area contributed by atoms with Crippen molar-refractivity contribution in [1.29, 1.82) is 0 Å². The third-order valence-corrected chi connectivity index (χ3v) is 5.00. The van der Waals surface area contributed by atoms with Crippen LogP contribution in [0.2, 0.25) is 0 Å². The van der Waals surface area contributed by atoms with E-state index in [-0.39, 0.29) is 0 Å². The summed E-state index contributed by atoms with van der Waals surface area (Å²) >= 11 is 0. The summed E-state index contributed by atoms with van der Waals surface area (Å²) in [5.41, 5.74) is 3.63. The molecule has 0 aliphatic carbocycles. The molecule has 0 atom stereocenters. The maximum Gasteiger partial charge on any atom is 0.420 e. The van der Waals surface area contributed by atoms with Crippen LogP contribution < -0.4 is 9.80 Å². The molecule has 2 aliphatic rings. The number of aryl methyl sites for hydroxylation is 2. The molecule has 0 N–H and O–H groups in total. The smallest absolute Gasteiger partial charge is 0.420 e. The summed E-state index contributed by atoms with van der Waals surface area (Å²) in [5.74, 6) is 0.662. The number of ether oxygens (including phenoxy) is 2. The number of carbonyl (C=O) groups is 1. The average Bonchev–Trinajstić information content (AvgIpc) is 2.83. The fraction of sp³-hybridized carbons (Fsp3) is 0.455. The molecule has 1 aromatic carbocycles. The lowest BCUT2D eigenvalue weighted by molar-refractivity contribution is 0.0598. The van der Waals surface area contributed by atoms with Crippen LogP contribution in [0.1, 0.15) is 31.9 Å². The van der Waals surface area contributed by atoms with Gasteiger partial charge in [0.2, 0.25) is 0 Å². The maximum atomic E-state index is 13.1. The fourth-order valence-corrected chi connectivity index (χ4v) is 3.71. The van der Waals surface area contributed by atoms with Crippen molar-refractivity contribution >= 4 is 23.3 Å². The number of hydrogen-bond donors (Lipinski definition) is 0. The number of fused-ring (bicyclic) bond motifs is 2. The van der Waals surface area contributed by atoms with E-state index in [9.17, 15) is 4.79 Å². The van der Waals surface area contributed by atoms with Crippen LogP contribution in [0, 0.1) is 0 Å². The number of nitrogens with zero attached hydrogens (tertiary/aromatic N) is 3. The van der Waals surface area contributed by atoms with E-state index in [1.165, 1.54) is 5.69 Å². The van der Waals surface area contributed by atoms with E-state index >= 15 is 0 Å². The maximum absolute atomic E-state index is 13.1. The van der Waals surface area contributed by atoms with E-state index in [0.717, 1.165) is 56.0 Å². The summed E-state index contributed by atoms with van der Waals surface area (Å²) in [6, 6.07) is 10.3. The third-order valence-electron chi connectivity index (χ3n) is 5.00. The van der Waals surface area contributed by atoms with Crippen molar-refractivity contribution in [2.45, 2.75) is 39.2 Å². The molecule has 0 spiro atoms. The Hall–Kier alpha value is -2.60. The van der Waals surface area contributed by atoms with Crippen molar-refractivity contribution in [3.63, 3.8) is 0 Å². The molecule has 4 rings (SSSR count). The van der Waals surface area contributed by atoms with Crippen LogP contribution in [-0.2, 0) is 22.3 Å². The molecular formula is C22H27N3O3. The highest BCUT2D eigenvalue weighted by molar-refractivity contribution is 5.97. The molecule has 6 heteroatoms. The first-order valence-electron chi connectivity index (χ1n) is 9.85. The highest BCUT2D eigenvalue weighted by atomic mass is 16.6. The molecular weight excluding hydrogens is 354 g/mol. The van der Waals surface area contributed by atoms with Gasteiger partial charge in [-0.1, -0.05) is 6.07 Å². The number of aromatic nitrogens is 1. The van der Waals surface area contributed by atoms with Gasteiger partial charge in [-0.05, 0) is 69.0 Å². The SMILES string of the molecule is CC(C)(C)OC(=O)N1c2ccc(N3CCOCC3)cc2CCc2cccnc21. The van der Waals surface area contributed by atoms with Crippen LogP contribution in [0.4, 0.5) is 22.0 Å². The summed E-state index contributed by atoms with van der Waals surface area (Å²) in [4.78, 5) is 21.6. The van der Waals surface area contributed by atoms with Gasteiger partial charge in [-0.3, -0.25) is 0 Å². The minimum absolute atomic E-state index is 0.394. The number of morpholine rings is 1. The van der Waals surface area contributed by atoms with Crippen LogP contribution >= 0.6 is 0 Å². The normalized spacial score (nSPS) is 16.8. The lowest BCUT2D eigenvalue weighted by Gasteiger charge is -2.31. The van der Waals surface area contributed by atoms with Crippen molar-refractivity contribution in [1.82, 2.24) is 4.98 Å². The molecule has 1 amide bonds. The Labute approximate surface area is 166 Å². The van der Waals surface area contributed by atoms with Gasteiger partial charge in [-0.15, -0.1) is 0 Å². The Bertz CT molecular complexity index is 870. The van der Waals surface area contributed by atoms with Gasteiger partial charge in [-0.25, -0.2) is 14.7 Å². The number of benzene rings is 1. The van der Waals surface area contributed by atoms with E-state index in [0.29, 0.717) is 5.82 Å². The molecule has 28 heavy (non-hydrogen) atoms. The fourth-order valence-electron chi connectivity index (χ4n) is 3.71. The Morgan fingerprint density at radius 3 is 2.61 bits per heavy atom. The number of amides is 1. The van der Waals surface area contributed by atoms with Gasteiger partial charge in [0, 0.05) is 25.0 Å². The molecule has 0 bridgehead atoms. The van der Waals surface area contributed by atoms with E-state index in [1.807, 2.05) is 39.0 Å². The second-order valence-corrected chi connectivity index (χ2v) is 8.21. The largest absolute Gasteiger partial charge is 0.443 e. The molecule has 148 valence electrons. The highest BCUT2D eigenvalue weighted by Crippen LogP contribution is 2.37. The van der Waals surface area contributed by atoms with Crippen LogP contribution in [0.25, 0.3) is 0 Å². The number of carbonyl (C=O) groups excluding carboxylic acids is 1. The van der Waals surface area contributed by atoms with E-state index in [2.05, 4.69) is 22.0 Å². The molecule has 1 aromatic heterocycles. The van der Waals surface area contributed by atoms with Crippen molar-refractivity contribution in [2.75, 3.05) is 36.1 Å². The van der Waals surface area contributed by atoms with Crippen molar-refractivity contribution in [3.05, 3.63) is 47.7 Å². The molecule has 0 unspecified atom stereocenters. The first-order chi connectivity index (χ1) is 13.4. The standard InChI is InChI=1S/C22H27N3O3/c1-22(2,3)28-21(26)25-19-9-8-18(24-11-13-27-14-12-24)15-17(19)7-6-16-5-4-10-23-20(16)25/h4-5,8-10,15H,6-7,11-14H2,1-3H3. The zero-order chi connectivity index (χ0) is 19.7. The lowest BCUT2D eigenvalue weighted by Crippen LogP contribution is -2.36. The van der Waals surface area contributed by atoms with Gasteiger partial charge >= 0.3 is 6.09 Å². The Balaban J connectivity index is 1.75. The van der Waals surface area contributed by atoms with E-state index < -0.39 is 11.7 Å². The lowest BCUT2D eigenvalue weighted by atomic mass is 10.0. The first kappa shape index (κ1) is 18.7. The highest BCUT2D eigenvalue weighted by Gasteiger charge is 2.31. The van der Waals surface area contributed by atoms with Gasteiger partial charge in [0.1, 0.15) is 11.4 Å². The predicted molar refractivity (Wildman–Crippen MR) is 109 cm³/mol. The molecule has 2 aromatic rings. The van der Waals surface area contributed by atoms with Gasteiger partial charge in [0.05, 0.1) is 18.9 Å². The molecule has 0 saturated carbocycles. The number of hydrogen-bond acceptors (Lipinski definition) is 5. The second kappa shape index (κ2) is 7.43. The molecule has 1 fully saturated rings. The summed E-state index contributed by atoms with van der Waals surface area (Å²) in [6.45, 7) is 8.90. The van der Waals surface area contributed by atoms with Gasteiger partial charge in [0.15, 0.2) is 0 Å². The predicted octanol–water partition coefficient (Wildman–Crippen LogP) is 4.09. The summed E-state index contributed by atoms with van der Waals surface area (Å²) in [5, 5.41) is 0. The zero-order valence-electron chi connectivity index (χ0n) is 16.8. The van der Waals surface area contributed by atoms with Gasteiger partial charge in [0.25, 0.3) is 0 Å². The Kier molecular flexibility index (Phi) is 4.98. The van der Waals surface area contributed by atoms with Crippen LogP contribution in [-0.4, -0.2) is 43.0 Å². The third kappa shape index (κ3) is 3.83. The average molecular weight is 381 g/mol. The summed E-state index contributed by atoms with van der Waals surface area (Å²) in [7, 11) is 0. The number of rotatable bonds is 1. The minimum atomic E-state index is -0.577. The Morgan fingerprint density at radius 1 is 1.11 bits per heavy atom. The Morgan fingerprint density at radius 2 is 1.86 bits per heavy atom. The first-order valence-corrected chi connectivity index (χ1v) is 9.85. The minimum Gasteiger partial charge on any atom is -0.443 e. The number of pyridine rings is 1.